The molecule has 0 amide bonds. The van der Waals surface area contributed by atoms with E-state index < -0.39 is 17.8 Å². The average Bonchev–Trinajstić information content (AvgIpc) is 2.58. The number of ether oxygens (including phenoxy) is 1. The Hall–Kier alpha value is -1.47. The number of nitrogens with one attached hydrogen (secondary N) is 1. The molecule has 1 aromatic carbocycles. The third-order valence-corrected chi connectivity index (χ3v) is 3.61. The molecule has 1 N–H and O–H groups in total. The van der Waals surface area contributed by atoms with Crippen molar-refractivity contribution in [3.63, 3.8) is 0 Å². The number of guanidine groups is 1. The van der Waals surface area contributed by atoms with E-state index in [0.29, 0.717) is 37.8 Å². The van der Waals surface area contributed by atoms with E-state index in [2.05, 4.69) is 16.2 Å². The first kappa shape index (κ1) is 21.6. The highest BCUT2D eigenvalue weighted by Crippen LogP contribution is 2.32. The van der Waals surface area contributed by atoms with Crippen LogP contribution in [-0.4, -0.2) is 43.6 Å². The monoisotopic (exact) mass is 467 g/mol. The first-order valence-corrected chi connectivity index (χ1v) is 7.71. The van der Waals surface area contributed by atoms with Gasteiger partial charge in [0, 0.05) is 13.1 Å². The smallest absolute Gasteiger partial charge is 0.370 e. The Labute approximate surface area is 162 Å². The van der Waals surface area contributed by atoms with Gasteiger partial charge in [-0.1, -0.05) is 18.1 Å². The van der Waals surface area contributed by atoms with Gasteiger partial charge in [0.25, 0.3) is 0 Å². The van der Waals surface area contributed by atoms with Crippen LogP contribution in [0.2, 0.25) is 0 Å². The van der Waals surface area contributed by atoms with Gasteiger partial charge in [0.15, 0.2) is 5.96 Å². The van der Waals surface area contributed by atoms with E-state index in [1.54, 1.807) is 6.07 Å². The molecule has 1 unspecified atom stereocenters. The first-order chi connectivity index (χ1) is 11.5. The fraction of sp³-hybridized carbons (Fsp3) is 0.471. The normalized spacial score (nSPS) is 18.3. The third kappa shape index (κ3) is 6.08. The molecule has 25 heavy (non-hydrogen) atoms. The molecule has 4 nitrogen and oxygen atoms in total. The van der Waals surface area contributed by atoms with Gasteiger partial charge in [0.1, 0.15) is 12.6 Å². The molecule has 1 atom stereocenters. The van der Waals surface area contributed by atoms with E-state index in [0.717, 1.165) is 12.1 Å². The Kier molecular flexibility index (Phi) is 8.52. The van der Waals surface area contributed by atoms with Gasteiger partial charge in [-0.05, 0) is 24.6 Å². The van der Waals surface area contributed by atoms with Gasteiger partial charge in [0.05, 0.1) is 18.7 Å². The SMILES string of the molecule is C#CCN=C(NCC)N1CCOC(c2cccc(C(F)(F)F)c2)C1.I. The van der Waals surface area contributed by atoms with Crippen molar-refractivity contribution in [2.75, 3.05) is 32.8 Å². The molecule has 0 aliphatic carbocycles. The molecule has 1 saturated heterocycles. The van der Waals surface area contributed by atoms with Gasteiger partial charge in [-0.25, -0.2) is 4.99 Å². The van der Waals surface area contributed by atoms with E-state index in [1.807, 2.05) is 11.8 Å². The van der Waals surface area contributed by atoms with Crippen LogP contribution in [0.25, 0.3) is 0 Å². The summed E-state index contributed by atoms with van der Waals surface area (Å²) in [4.78, 5) is 6.25. The van der Waals surface area contributed by atoms with Crippen LogP contribution < -0.4 is 5.32 Å². The van der Waals surface area contributed by atoms with Crippen LogP contribution in [0.15, 0.2) is 29.3 Å². The molecule has 1 heterocycles. The number of rotatable bonds is 3. The third-order valence-electron chi connectivity index (χ3n) is 3.61. The topological polar surface area (TPSA) is 36.9 Å². The highest BCUT2D eigenvalue weighted by Gasteiger charge is 2.32. The maximum Gasteiger partial charge on any atom is 0.416 e. The number of terminal acetylenes is 1. The molecule has 0 saturated carbocycles. The van der Waals surface area contributed by atoms with Gasteiger partial charge in [0.2, 0.25) is 0 Å². The summed E-state index contributed by atoms with van der Waals surface area (Å²) in [5.41, 5.74) is -0.170. The number of hydrogen-bond acceptors (Lipinski definition) is 2. The summed E-state index contributed by atoms with van der Waals surface area (Å²) in [7, 11) is 0. The highest BCUT2D eigenvalue weighted by atomic mass is 127. The Morgan fingerprint density at radius 1 is 1.48 bits per heavy atom. The molecule has 1 aliphatic heterocycles. The van der Waals surface area contributed by atoms with Crippen LogP contribution in [0.1, 0.15) is 24.2 Å². The molecule has 0 spiro atoms. The number of hydrogen-bond donors (Lipinski definition) is 1. The minimum absolute atomic E-state index is 0. The van der Waals surface area contributed by atoms with E-state index in [1.165, 1.54) is 6.07 Å². The number of halogens is 4. The average molecular weight is 467 g/mol. The molecule has 1 aromatic rings. The van der Waals surface area contributed by atoms with Crippen LogP contribution >= 0.6 is 24.0 Å². The van der Waals surface area contributed by atoms with E-state index >= 15 is 0 Å². The molecule has 8 heteroatoms. The van der Waals surface area contributed by atoms with Crippen molar-refractivity contribution < 1.29 is 17.9 Å². The number of morpholine rings is 1. The van der Waals surface area contributed by atoms with Crippen LogP contribution in [-0.2, 0) is 10.9 Å². The van der Waals surface area contributed by atoms with Crippen molar-refractivity contribution in [2.24, 2.45) is 4.99 Å². The molecule has 0 aromatic heterocycles. The summed E-state index contributed by atoms with van der Waals surface area (Å²) < 4.78 is 44.3. The van der Waals surface area contributed by atoms with Crippen LogP contribution in [0.3, 0.4) is 0 Å². The number of alkyl halides is 3. The minimum atomic E-state index is -4.37. The van der Waals surface area contributed by atoms with Gasteiger partial charge >= 0.3 is 6.18 Å². The van der Waals surface area contributed by atoms with Gasteiger partial charge in [-0.3, -0.25) is 0 Å². The van der Waals surface area contributed by atoms with E-state index in [4.69, 9.17) is 11.2 Å². The predicted octanol–water partition coefficient (Wildman–Crippen LogP) is 3.30. The lowest BCUT2D eigenvalue weighted by Gasteiger charge is -2.35. The zero-order chi connectivity index (χ0) is 17.6. The summed E-state index contributed by atoms with van der Waals surface area (Å²) in [6.07, 6.45) is 0.428. The Bertz CT molecular complexity index is 628. The van der Waals surface area contributed by atoms with Crippen molar-refractivity contribution in [1.82, 2.24) is 10.2 Å². The van der Waals surface area contributed by atoms with Crippen molar-refractivity contribution in [2.45, 2.75) is 19.2 Å². The summed E-state index contributed by atoms with van der Waals surface area (Å²) in [6.45, 7) is 4.28. The summed E-state index contributed by atoms with van der Waals surface area (Å²) in [5.74, 6) is 3.10. The molecule has 0 bridgehead atoms. The van der Waals surface area contributed by atoms with Crippen LogP contribution in [0, 0.1) is 12.3 Å². The van der Waals surface area contributed by atoms with Gasteiger partial charge < -0.3 is 15.0 Å². The number of aliphatic imine (C=N–C) groups is 1. The van der Waals surface area contributed by atoms with Crippen LogP contribution in [0.4, 0.5) is 13.2 Å². The second kappa shape index (κ2) is 9.87. The molecule has 1 aliphatic rings. The first-order valence-electron chi connectivity index (χ1n) is 7.71. The highest BCUT2D eigenvalue weighted by molar-refractivity contribution is 14.0. The lowest BCUT2D eigenvalue weighted by molar-refractivity contribution is -0.137. The summed E-state index contributed by atoms with van der Waals surface area (Å²) in [5, 5.41) is 3.14. The zero-order valence-corrected chi connectivity index (χ0v) is 16.2. The fourth-order valence-electron chi connectivity index (χ4n) is 2.50. The second-order valence-corrected chi connectivity index (χ2v) is 5.30. The Morgan fingerprint density at radius 2 is 2.24 bits per heavy atom. The molecule has 2 rings (SSSR count). The molecular formula is C17H21F3IN3O. The quantitative estimate of drug-likeness (QED) is 0.321. The van der Waals surface area contributed by atoms with E-state index in [-0.39, 0.29) is 30.5 Å². The van der Waals surface area contributed by atoms with Gasteiger partial charge in [-0.2, -0.15) is 13.2 Å². The molecule has 138 valence electrons. The summed E-state index contributed by atoms with van der Waals surface area (Å²) >= 11 is 0. The number of nitrogens with zero attached hydrogens (tertiary/aromatic N) is 2. The van der Waals surface area contributed by atoms with Crippen molar-refractivity contribution >= 4 is 29.9 Å². The molecule has 1 fully saturated rings. The van der Waals surface area contributed by atoms with Gasteiger partial charge in [-0.15, -0.1) is 30.4 Å². The lowest BCUT2D eigenvalue weighted by Crippen LogP contribution is -2.48. The van der Waals surface area contributed by atoms with Crippen molar-refractivity contribution in [3.8, 4) is 12.3 Å². The fourth-order valence-corrected chi connectivity index (χ4v) is 2.50. The molecular weight excluding hydrogens is 446 g/mol. The molecule has 0 radical (unpaired) electrons. The maximum absolute atomic E-state index is 12.9. The predicted molar refractivity (Wildman–Crippen MR) is 102 cm³/mol. The zero-order valence-electron chi connectivity index (χ0n) is 13.8. The Balaban J connectivity index is 0.00000312. The standard InChI is InChI=1S/C17H20F3N3O.HI/c1-3-8-22-16(21-4-2)23-9-10-24-15(12-23)13-6-5-7-14(11-13)17(18,19)20;/h1,5-7,11,15H,4,8-10,12H2,2H3,(H,21,22);1H. The number of benzene rings is 1. The van der Waals surface area contributed by atoms with Crippen molar-refractivity contribution in [3.05, 3.63) is 35.4 Å². The van der Waals surface area contributed by atoms with Crippen molar-refractivity contribution in [1.29, 1.82) is 0 Å². The largest absolute Gasteiger partial charge is 0.416 e. The summed E-state index contributed by atoms with van der Waals surface area (Å²) in [6, 6.07) is 5.25. The Morgan fingerprint density at radius 3 is 2.88 bits per heavy atom. The minimum Gasteiger partial charge on any atom is -0.370 e. The van der Waals surface area contributed by atoms with E-state index in [9.17, 15) is 13.2 Å². The lowest BCUT2D eigenvalue weighted by atomic mass is 10.0. The second-order valence-electron chi connectivity index (χ2n) is 5.30. The maximum atomic E-state index is 12.9. The van der Waals surface area contributed by atoms with Crippen LogP contribution in [0.5, 0.6) is 0 Å².